The predicted octanol–water partition coefficient (Wildman–Crippen LogP) is 1.99. The standard InChI is InChI=1S/C13H20N2O4/c1-18-10-3-2-8-14-9-11-19-13-6-4-12(5-7-13)15(16)17/h4-7,14H,2-3,8-11H2,1H3. The van der Waals surface area contributed by atoms with Crippen molar-refractivity contribution in [2.75, 3.05) is 33.4 Å². The third kappa shape index (κ3) is 6.73. The van der Waals surface area contributed by atoms with E-state index in [9.17, 15) is 10.1 Å². The third-order valence-electron chi connectivity index (χ3n) is 2.55. The number of nitrogens with one attached hydrogen (secondary N) is 1. The normalized spacial score (nSPS) is 10.4. The first kappa shape index (κ1) is 15.4. The van der Waals surface area contributed by atoms with E-state index in [-0.39, 0.29) is 5.69 Å². The van der Waals surface area contributed by atoms with Gasteiger partial charge in [0.25, 0.3) is 5.69 Å². The molecule has 0 fully saturated rings. The molecule has 0 aromatic heterocycles. The maximum Gasteiger partial charge on any atom is 0.269 e. The number of nitro benzene ring substituents is 1. The topological polar surface area (TPSA) is 73.6 Å². The minimum atomic E-state index is -0.425. The Bertz CT molecular complexity index is 367. The van der Waals surface area contributed by atoms with Crippen molar-refractivity contribution < 1.29 is 14.4 Å². The number of ether oxygens (including phenoxy) is 2. The summed E-state index contributed by atoms with van der Waals surface area (Å²) in [4.78, 5) is 10.0. The van der Waals surface area contributed by atoms with Gasteiger partial charge in [-0.3, -0.25) is 10.1 Å². The molecule has 0 saturated heterocycles. The second-order valence-corrected chi connectivity index (χ2v) is 4.05. The molecule has 0 amide bonds. The van der Waals surface area contributed by atoms with Gasteiger partial charge >= 0.3 is 0 Å². The van der Waals surface area contributed by atoms with Crippen LogP contribution in [0.2, 0.25) is 0 Å². The summed E-state index contributed by atoms with van der Waals surface area (Å²) in [7, 11) is 1.70. The first-order valence-electron chi connectivity index (χ1n) is 6.31. The van der Waals surface area contributed by atoms with Crippen LogP contribution in [0.5, 0.6) is 5.75 Å². The Hall–Kier alpha value is -1.66. The molecule has 0 aliphatic heterocycles. The van der Waals surface area contributed by atoms with Crippen molar-refractivity contribution in [3.8, 4) is 5.75 Å². The van der Waals surface area contributed by atoms with Crippen LogP contribution in [0.1, 0.15) is 12.8 Å². The fourth-order valence-corrected chi connectivity index (χ4v) is 1.53. The van der Waals surface area contributed by atoms with Crippen LogP contribution < -0.4 is 10.1 Å². The van der Waals surface area contributed by atoms with Crippen molar-refractivity contribution >= 4 is 5.69 Å². The van der Waals surface area contributed by atoms with Crippen LogP contribution in [-0.4, -0.2) is 38.3 Å². The lowest BCUT2D eigenvalue weighted by Crippen LogP contribution is -2.22. The summed E-state index contributed by atoms with van der Waals surface area (Å²) in [5.41, 5.74) is 0.0728. The van der Waals surface area contributed by atoms with Gasteiger partial charge in [0.15, 0.2) is 0 Å². The molecule has 0 radical (unpaired) electrons. The molecule has 6 nitrogen and oxygen atoms in total. The average Bonchev–Trinajstić information content (AvgIpc) is 2.42. The molecule has 0 aliphatic rings. The fourth-order valence-electron chi connectivity index (χ4n) is 1.53. The molecule has 0 spiro atoms. The third-order valence-corrected chi connectivity index (χ3v) is 2.55. The quantitative estimate of drug-likeness (QED) is 0.399. The lowest BCUT2D eigenvalue weighted by atomic mass is 10.3. The van der Waals surface area contributed by atoms with E-state index in [0.29, 0.717) is 12.4 Å². The van der Waals surface area contributed by atoms with E-state index in [4.69, 9.17) is 9.47 Å². The van der Waals surface area contributed by atoms with E-state index in [0.717, 1.165) is 32.5 Å². The summed E-state index contributed by atoms with van der Waals surface area (Å²) in [6.45, 7) is 3.03. The molecule has 1 rings (SSSR count). The van der Waals surface area contributed by atoms with E-state index in [2.05, 4.69) is 5.32 Å². The highest BCUT2D eigenvalue weighted by Crippen LogP contribution is 2.16. The minimum Gasteiger partial charge on any atom is -0.492 e. The number of non-ortho nitro benzene ring substituents is 1. The summed E-state index contributed by atoms with van der Waals surface area (Å²) >= 11 is 0. The van der Waals surface area contributed by atoms with Crippen LogP contribution in [0.25, 0.3) is 0 Å². The SMILES string of the molecule is COCCCCNCCOc1ccc([N+](=O)[O-])cc1. The molecule has 1 N–H and O–H groups in total. The number of benzene rings is 1. The highest BCUT2D eigenvalue weighted by Gasteiger charge is 2.03. The van der Waals surface area contributed by atoms with Gasteiger partial charge in [0.2, 0.25) is 0 Å². The lowest BCUT2D eigenvalue weighted by molar-refractivity contribution is -0.384. The largest absolute Gasteiger partial charge is 0.492 e. The van der Waals surface area contributed by atoms with Crippen LogP contribution >= 0.6 is 0 Å². The van der Waals surface area contributed by atoms with Gasteiger partial charge in [-0.25, -0.2) is 0 Å². The zero-order chi connectivity index (χ0) is 13.9. The summed E-state index contributed by atoms with van der Waals surface area (Å²) in [6, 6.07) is 6.09. The van der Waals surface area contributed by atoms with Crippen molar-refractivity contribution in [1.29, 1.82) is 0 Å². The summed E-state index contributed by atoms with van der Waals surface area (Å²) in [6.07, 6.45) is 2.12. The van der Waals surface area contributed by atoms with E-state index in [1.165, 1.54) is 12.1 Å². The summed E-state index contributed by atoms with van der Waals surface area (Å²) in [5.74, 6) is 0.645. The van der Waals surface area contributed by atoms with Gasteiger partial charge in [0.05, 0.1) is 4.92 Å². The summed E-state index contributed by atoms with van der Waals surface area (Å²) in [5, 5.41) is 13.7. The Morgan fingerprint density at radius 3 is 2.53 bits per heavy atom. The molecule has 1 aromatic carbocycles. The fraction of sp³-hybridized carbons (Fsp3) is 0.538. The molecular formula is C13H20N2O4. The Labute approximate surface area is 112 Å². The van der Waals surface area contributed by atoms with Crippen LogP contribution in [0.15, 0.2) is 24.3 Å². The monoisotopic (exact) mass is 268 g/mol. The molecule has 6 heteroatoms. The molecule has 19 heavy (non-hydrogen) atoms. The van der Waals surface area contributed by atoms with E-state index in [1.807, 2.05) is 0 Å². The number of nitro groups is 1. The van der Waals surface area contributed by atoms with Gasteiger partial charge in [-0.15, -0.1) is 0 Å². The number of hydrogen-bond acceptors (Lipinski definition) is 5. The maximum absolute atomic E-state index is 10.5. The number of nitrogens with zero attached hydrogens (tertiary/aromatic N) is 1. The predicted molar refractivity (Wildman–Crippen MR) is 72.6 cm³/mol. The van der Waals surface area contributed by atoms with Gasteiger partial charge in [0, 0.05) is 32.4 Å². The van der Waals surface area contributed by atoms with Gasteiger partial charge in [-0.2, -0.15) is 0 Å². The lowest BCUT2D eigenvalue weighted by Gasteiger charge is -2.07. The van der Waals surface area contributed by atoms with Crippen molar-refractivity contribution in [2.45, 2.75) is 12.8 Å². The number of methoxy groups -OCH3 is 1. The van der Waals surface area contributed by atoms with Gasteiger partial charge in [0.1, 0.15) is 12.4 Å². The number of rotatable bonds is 10. The van der Waals surface area contributed by atoms with Gasteiger partial charge in [-0.1, -0.05) is 0 Å². The Morgan fingerprint density at radius 1 is 1.16 bits per heavy atom. The van der Waals surface area contributed by atoms with Crippen LogP contribution in [0, 0.1) is 10.1 Å². The van der Waals surface area contributed by atoms with Crippen LogP contribution in [-0.2, 0) is 4.74 Å². The molecule has 0 heterocycles. The Kier molecular flexibility index (Phi) is 7.53. The van der Waals surface area contributed by atoms with E-state index in [1.54, 1.807) is 19.2 Å². The van der Waals surface area contributed by atoms with Gasteiger partial charge < -0.3 is 14.8 Å². The van der Waals surface area contributed by atoms with Crippen molar-refractivity contribution in [1.82, 2.24) is 5.32 Å². The van der Waals surface area contributed by atoms with Gasteiger partial charge in [-0.05, 0) is 31.5 Å². The Balaban J connectivity index is 2.07. The van der Waals surface area contributed by atoms with Crippen molar-refractivity contribution in [3.63, 3.8) is 0 Å². The Morgan fingerprint density at radius 2 is 1.89 bits per heavy atom. The maximum atomic E-state index is 10.5. The van der Waals surface area contributed by atoms with Crippen LogP contribution in [0.3, 0.4) is 0 Å². The molecule has 0 atom stereocenters. The highest BCUT2D eigenvalue weighted by atomic mass is 16.6. The number of hydrogen-bond donors (Lipinski definition) is 1. The molecule has 0 saturated carbocycles. The minimum absolute atomic E-state index is 0.0728. The molecule has 0 unspecified atom stereocenters. The second-order valence-electron chi connectivity index (χ2n) is 4.05. The molecular weight excluding hydrogens is 248 g/mol. The van der Waals surface area contributed by atoms with E-state index >= 15 is 0 Å². The molecule has 0 bridgehead atoms. The zero-order valence-electron chi connectivity index (χ0n) is 11.1. The smallest absolute Gasteiger partial charge is 0.269 e. The summed E-state index contributed by atoms with van der Waals surface area (Å²) < 4.78 is 10.4. The van der Waals surface area contributed by atoms with E-state index < -0.39 is 4.92 Å². The van der Waals surface area contributed by atoms with Crippen molar-refractivity contribution in [3.05, 3.63) is 34.4 Å². The number of unbranched alkanes of at least 4 members (excludes halogenated alkanes) is 1. The highest BCUT2D eigenvalue weighted by molar-refractivity contribution is 5.35. The average molecular weight is 268 g/mol. The van der Waals surface area contributed by atoms with Crippen LogP contribution in [0.4, 0.5) is 5.69 Å². The van der Waals surface area contributed by atoms with Crippen molar-refractivity contribution in [2.24, 2.45) is 0 Å². The molecule has 1 aromatic rings. The second kappa shape index (κ2) is 9.29. The first-order valence-corrected chi connectivity index (χ1v) is 6.31. The molecule has 106 valence electrons. The zero-order valence-corrected chi connectivity index (χ0v) is 11.1. The molecule has 0 aliphatic carbocycles. The first-order chi connectivity index (χ1) is 9.24.